The number of nitrogens with zero attached hydrogens (tertiary/aromatic N) is 1. The molecule has 0 fully saturated rings. The van der Waals surface area contributed by atoms with Crippen molar-refractivity contribution in [2.45, 2.75) is 19.9 Å². The number of benzene rings is 2. The molecule has 1 atom stereocenters. The van der Waals surface area contributed by atoms with Crippen LogP contribution in [-0.4, -0.2) is 35.9 Å². The van der Waals surface area contributed by atoms with Crippen LogP contribution < -0.4 is 5.32 Å². The molecule has 2 aromatic carbocycles. The van der Waals surface area contributed by atoms with Gasteiger partial charge in [-0.2, -0.15) is 0 Å². The Hall–Kier alpha value is -3.42. The second kappa shape index (κ2) is 10.5. The molecule has 0 saturated heterocycles. The minimum Gasteiger partial charge on any atom is -0.505 e. The van der Waals surface area contributed by atoms with Gasteiger partial charge in [-0.1, -0.05) is 24.3 Å². The molecule has 7 heteroatoms. The van der Waals surface area contributed by atoms with Crippen molar-refractivity contribution in [2.24, 2.45) is 0 Å². The van der Waals surface area contributed by atoms with Crippen LogP contribution in [0.5, 0.6) is 5.75 Å². The number of hydrogen-bond acceptors (Lipinski definition) is 7. The Morgan fingerprint density at radius 1 is 1.09 bits per heavy atom. The number of phenolic OH excluding ortho intramolecular Hbond substituents is 1. The van der Waals surface area contributed by atoms with Crippen LogP contribution in [0.25, 0.3) is 10.9 Å². The van der Waals surface area contributed by atoms with Crippen LogP contribution in [-0.2, 0) is 9.47 Å². The molecule has 0 aliphatic heterocycles. The first-order chi connectivity index (χ1) is 16.1. The largest absolute Gasteiger partial charge is 0.505 e. The Morgan fingerprint density at radius 3 is 2.61 bits per heavy atom. The van der Waals surface area contributed by atoms with E-state index in [1.165, 1.54) is 0 Å². The van der Waals surface area contributed by atoms with Crippen LogP contribution in [0.4, 0.5) is 5.69 Å². The number of thiophene rings is 1. The van der Waals surface area contributed by atoms with Crippen molar-refractivity contribution in [1.29, 1.82) is 0 Å². The normalized spacial score (nSPS) is 11.9. The summed E-state index contributed by atoms with van der Waals surface area (Å²) in [5.74, 6) is -0.221. The van der Waals surface area contributed by atoms with E-state index >= 15 is 0 Å². The molecule has 170 valence electrons. The number of phenols is 1. The molecule has 2 heterocycles. The number of rotatable bonds is 9. The number of aryl methyl sites for hydroxylation is 1. The van der Waals surface area contributed by atoms with Gasteiger partial charge >= 0.3 is 5.97 Å². The molecule has 0 radical (unpaired) electrons. The molecule has 0 saturated carbocycles. The molecule has 0 bridgehead atoms. The summed E-state index contributed by atoms with van der Waals surface area (Å²) in [5, 5.41) is 17.5. The predicted octanol–water partition coefficient (Wildman–Crippen LogP) is 5.71. The van der Waals surface area contributed by atoms with Gasteiger partial charge in [0.1, 0.15) is 17.9 Å². The molecule has 0 amide bonds. The van der Waals surface area contributed by atoms with Crippen LogP contribution in [0.3, 0.4) is 0 Å². The third kappa shape index (κ3) is 5.32. The van der Waals surface area contributed by atoms with Crippen molar-refractivity contribution in [2.75, 3.05) is 25.1 Å². The highest BCUT2D eigenvalue weighted by Gasteiger charge is 2.21. The number of carbonyl (C=O) groups is 1. The maximum absolute atomic E-state index is 12.2. The molecule has 1 unspecified atom stereocenters. The molecule has 4 rings (SSSR count). The molecular weight excluding hydrogens is 436 g/mol. The van der Waals surface area contributed by atoms with Crippen molar-refractivity contribution in [3.63, 3.8) is 0 Å². The zero-order chi connectivity index (χ0) is 23.2. The van der Waals surface area contributed by atoms with Crippen molar-refractivity contribution < 1.29 is 19.4 Å². The molecule has 33 heavy (non-hydrogen) atoms. The van der Waals surface area contributed by atoms with Gasteiger partial charge in [0.05, 0.1) is 18.2 Å². The monoisotopic (exact) mass is 462 g/mol. The second-order valence-electron chi connectivity index (χ2n) is 7.53. The lowest BCUT2D eigenvalue weighted by Crippen LogP contribution is -2.13. The van der Waals surface area contributed by atoms with Crippen molar-refractivity contribution >= 4 is 33.9 Å². The zero-order valence-electron chi connectivity index (χ0n) is 18.6. The van der Waals surface area contributed by atoms with Gasteiger partial charge in [-0.3, -0.25) is 0 Å². The lowest BCUT2D eigenvalue weighted by atomic mass is 10.0. The van der Waals surface area contributed by atoms with E-state index in [9.17, 15) is 9.90 Å². The number of ether oxygens (including phenoxy) is 2. The maximum atomic E-state index is 12.2. The first kappa shape index (κ1) is 22.8. The van der Waals surface area contributed by atoms with Gasteiger partial charge in [-0.15, -0.1) is 11.3 Å². The van der Waals surface area contributed by atoms with Gasteiger partial charge in [-0.25, -0.2) is 9.78 Å². The highest BCUT2D eigenvalue weighted by atomic mass is 32.1. The number of aromatic hydroxyl groups is 1. The number of esters is 1. The quantitative estimate of drug-likeness (QED) is 0.245. The van der Waals surface area contributed by atoms with E-state index in [0.29, 0.717) is 24.3 Å². The van der Waals surface area contributed by atoms with Gasteiger partial charge in [0.15, 0.2) is 0 Å². The summed E-state index contributed by atoms with van der Waals surface area (Å²) in [6.45, 7) is 5.00. The minimum absolute atomic E-state index is 0.164. The molecule has 0 aliphatic rings. The van der Waals surface area contributed by atoms with E-state index in [1.54, 1.807) is 23.5 Å². The van der Waals surface area contributed by atoms with Crippen molar-refractivity contribution in [3.05, 3.63) is 87.7 Å². The first-order valence-corrected chi connectivity index (χ1v) is 11.7. The third-order valence-corrected chi connectivity index (χ3v) is 6.18. The van der Waals surface area contributed by atoms with E-state index in [1.807, 2.05) is 67.8 Å². The number of pyridine rings is 1. The Bertz CT molecular complexity index is 1220. The van der Waals surface area contributed by atoms with Gasteiger partial charge in [-0.05, 0) is 55.6 Å². The molecule has 0 aliphatic carbocycles. The minimum atomic E-state index is -0.385. The summed E-state index contributed by atoms with van der Waals surface area (Å²) in [6.07, 6.45) is 0. The van der Waals surface area contributed by atoms with Crippen LogP contribution in [0, 0.1) is 6.92 Å². The third-order valence-electron chi connectivity index (χ3n) is 5.24. The lowest BCUT2D eigenvalue weighted by molar-refractivity contribution is 0.0335. The Balaban J connectivity index is 1.58. The Kier molecular flexibility index (Phi) is 7.22. The summed E-state index contributed by atoms with van der Waals surface area (Å²) in [5.41, 5.74) is 3.46. The molecule has 0 spiro atoms. The first-order valence-electron chi connectivity index (χ1n) is 10.8. The predicted molar refractivity (Wildman–Crippen MR) is 131 cm³/mol. The standard InChI is InChI=1S/C26H26N2O4S/c1-3-31-14-15-32-26(30)19-8-11-20(12-9-19)28-24(22-5-4-16-33-22)21-13-10-18-7-6-17(2)27-23(18)25(21)29/h4-13,16,24,28-29H,3,14-15H2,1-2H3. The van der Waals surface area contributed by atoms with Crippen LogP contribution >= 0.6 is 11.3 Å². The fourth-order valence-electron chi connectivity index (χ4n) is 3.57. The Labute approximate surface area is 196 Å². The van der Waals surface area contributed by atoms with Gasteiger partial charge in [0.25, 0.3) is 0 Å². The molecule has 2 aromatic heterocycles. The summed E-state index contributed by atoms with van der Waals surface area (Å²) in [7, 11) is 0. The van der Waals surface area contributed by atoms with Gasteiger partial charge in [0, 0.05) is 33.8 Å². The molecule has 6 nitrogen and oxygen atoms in total. The summed E-state index contributed by atoms with van der Waals surface area (Å²) < 4.78 is 10.4. The highest BCUT2D eigenvalue weighted by Crippen LogP contribution is 2.38. The van der Waals surface area contributed by atoms with Gasteiger partial charge < -0.3 is 19.9 Å². The van der Waals surface area contributed by atoms with Crippen LogP contribution in [0.2, 0.25) is 0 Å². The number of carbonyl (C=O) groups excluding carboxylic acids is 1. The maximum Gasteiger partial charge on any atom is 0.338 e. The van der Waals surface area contributed by atoms with Crippen molar-refractivity contribution in [1.82, 2.24) is 4.98 Å². The molecule has 2 N–H and O–H groups in total. The van der Waals surface area contributed by atoms with E-state index < -0.39 is 0 Å². The number of aromatic nitrogens is 1. The van der Waals surface area contributed by atoms with E-state index in [0.717, 1.165) is 27.2 Å². The number of nitrogens with one attached hydrogen (secondary N) is 1. The summed E-state index contributed by atoms with van der Waals surface area (Å²) in [4.78, 5) is 17.8. The smallest absolute Gasteiger partial charge is 0.338 e. The lowest BCUT2D eigenvalue weighted by Gasteiger charge is -2.21. The van der Waals surface area contributed by atoms with Gasteiger partial charge in [0.2, 0.25) is 0 Å². The summed E-state index contributed by atoms with van der Waals surface area (Å²) >= 11 is 1.60. The zero-order valence-corrected chi connectivity index (χ0v) is 19.4. The number of fused-ring (bicyclic) bond motifs is 1. The second-order valence-corrected chi connectivity index (χ2v) is 8.51. The fraction of sp³-hybridized carbons (Fsp3) is 0.231. The molecule has 4 aromatic rings. The number of anilines is 1. The Morgan fingerprint density at radius 2 is 1.88 bits per heavy atom. The van der Waals surface area contributed by atoms with E-state index in [2.05, 4.69) is 10.3 Å². The average molecular weight is 463 g/mol. The van der Waals surface area contributed by atoms with Crippen molar-refractivity contribution in [3.8, 4) is 5.75 Å². The fourth-order valence-corrected chi connectivity index (χ4v) is 4.36. The van der Waals surface area contributed by atoms with E-state index in [4.69, 9.17) is 9.47 Å². The number of hydrogen-bond donors (Lipinski definition) is 2. The van der Waals surface area contributed by atoms with E-state index in [-0.39, 0.29) is 24.4 Å². The van der Waals surface area contributed by atoms with Crippen LogP contribution in [0.1, 0.15) is 39.5 Å². The molecular formula is C26H26N2O4S. The topological polar surface area (TPSA) is 80.7 Å². The van der Waals surface area contributed by atoms with Crippen LogP contribution in [0.15, 0.2) is 66.0 Å². The summed E-state index contributed by atoms with van der Waals surface area (Å²) in [6, 6.07) is 18.6. The SMILES string of the molecule is CCOCCOC(=O)c1ccc(NC(c2cccs2)c2ccc3ccc(C)nc3c2O)cc1. The average Bonchev–Trinajstić information content (AvgIpc) is 3.36. The highest BCUT2D eigenvalue weighted by molar-refractivity contribution is 7.10.